The van der Waals surface area contributed by atoms with Crippen LogP contribution in [0.4, 0.5) is 4.79 Å². The third kappa shape index (κ3) is 3.47. The van der Waals surface area contributed by atoms with Crippen LogP contribution in [-0.4, -0.2) is 41.1 Å². The predicted octanol–water partition coefficient (Wildman–Crippen LogP) is 1.66. The molecule has 1 fully saturated rings. The highest BCUT2D eigenvalue weighted by Crippen LogP contribution is 2.40. The minimum Gasteiger partial charge on any atom is -0.480 e. The van der Waals surface area contributed by atoms with Crippen LogP contribution in [-0.2, 0) is 4.79 Å². The summed E-state index contributed by atoms with van der Waals surface area (Å²) < 4.78 is 0. The first-order valence-electron chi connectivity index (χ1n) is 6.44. The smallest absolute Gasteiger partial charge is 0.323 e. The number of carbonyl (C=O) groups excluding carboxylic acids is 1. The Bertz CT molecular complexity index is 461. The minimum absolute atomic E-state index is 0.123. The molecule has 0 aromatic heterocycles. The molecule has 19 heavy (non-hydrogen) atoms. The van der Waals surface area contributed by atoms with E-state index in [1.54, 1.807) is 6.92 Å². The first-order chi connectivity index (χ1) is 9.11. The van der Waals surface area contributed by atoms with Crippen molar-refractivity contribution in [1.82, 2.24) is 10.2 Å². The molecule has 0 saturated heterocycles. The molecule has 5 nitrogen and oxygen atoms in total. The van der Waals surface area contributed by atoms with Crippen molar-refractivity contribution in [2.24, 2.45) is 0 Å². The maximum Gasteiger partial charge on any atom is 0.323 e. The topological polar surface area (TPSA) is 69.6 Å². The number of nitrogens with one attached hydrogen (secondary N) is 1. The van der Waals surface area contributed by atoms with Gasteiger partial charge in [-0.3, -0.25) is 4.79 Å². The van der Waals surface area contributed by atoms with E-state index >= 15 is 0 Å². The molecule has 1 aromatic carbocycles. The first-order valence-corrected chi connectivity index (χ1v) is 6.44. The number of carbonyl (C=O) groups is 2. The van der Waals surface area contributed by atoms with Crippen LogP contribution in [0.5, 0.6) is 0 Å². The summed E-state index contributed by atoms with van der Waals surface area (Å²) in [4.78, 5) is 23.8. The number of amides is 2. The van der Waals surface area contributed by atoms with Gasteiger partial charge in [0.25, 0.3) is 0 Å². The number of carboxylic acid groups (broad SMARTS) is 1. The van der Waals surface area contributed by atoms with Crippen molar-refractivity contribution in [3.63, 3.8) is 0 Å². The summed E-state index contributed by atoms with van der Waals surface area (Å²) in [7, 11) is 0. The second-order valence-electron chi connectivity index (χ2n) is 4.72. The molecule has 1 aromatic rings. The molecule has 5 heteroatoms. The van der Waals surface area contributed by atoms with E-state index in [-0.39, 0.29) is 18.6 Å². The van der Waals surface area contributed by atoms with Crippen LogP contribution in [0.15, 0.2) is 30.3 Å². The van der Waals surface area contributed by atoms with Gasteiger partial charge < -0.3 is 15.3 Å². The average Bonchev–Trinajstić information content (AvgIpc) is 3.16. The summed E-state index contributed by atoms with van der Waals surface area (Å²) in [5.74, 6) is -0.638. The second kappa shape index (κ2) is 5.73. The van der Waals surface area contributed by atoms with E-state index in [0.29, 0.717) is 12.5 Å². The van der Waals surface area contributed by atoms with Gasteiger partial charge in [0.1, 0.15) is 6.54 Å². The number of aliphatic carboxylic acids is 1. The Hall–Kier alpha value is -2.04. The van der Waals surface area contributed by atoms with E-state index < -0.39 is 5.97 Å². The Morgan fingerprint density at radius 3 is 2.63 bits per heavy atom. The van der Waals surface area contributed by atoms with Crippen molar-refractivity contribution < 1.29 is 14.7 Å². The standard InChI is InChI=1S/C14H18N2O3/c1-2-16(9-13(17)18)14(19)15-12-8-11(12)10-6-4-3-5-7-10/h3-7,11-12H,2,8-9H2,1H3,(H,15,19)(H,17,18). The quantitative estimate of drug-likeness (QED) is 0.847. The number of hydrogen-bond donors (Lipinski definition) is 2. The third-order valence-electron chi connectivity index (χ3n) is 3.32. The maximum absolute atomic E-state index is 11.9. The molecular weight excluding hydrogens is 244 g/mol. The summed E-state index contributed by atoms with van der Waals surface area (Å²) in [5, 5.41) is 11.6. The van der Waals surface area contributed by atoms with Crippen molar-refractivity contribution in [2.75, 3.05) is 13.1 Å². The van der Waals surface area contributed by atoms with Gasteiger partial charge in [-0.1, -0.05) is 30.3 Å². The fourth-order valence-corrected chi connectivity index (χ4v) is 2.16. The molecule has 2 rings (SSSR count). The Balaban J connectivity index is 1.86. The van der Waals surface area contributed by atoms with Gasteiger partial charge in [-0.05, 0) is 18.9 Å². The zero-order valence-corrected chi connectivity index (χ0v) is 10.9. The lowest BCUT2D eigenvalue weighted by Gasteiger charge is -2.19. The molecule has 2 amide bonds. The monoisotopic (exact) mass is 262 g/mol. The van der Waals surface area contributed by atoms with E-state index in [1.807, 2.05) is 30.3 Å². The lowest BCUT2D eigenvalue weighted by Crippen LogP contribution is -2.43. The van der Waals surface area contributed by atoms with Crippen molar-refractivity contribution in [1.29, 1.82) is 0 Å². The molecule has 2 atom stereocenters. The van der Waals surface area contributed by atoms with Crippen molar-refractivity contribution >= 4 is 12.0 Å². The Labute approximate surface area is 112 Å². The van der Waals surface area contributed by atoms with E-state index in [2.05, 4.69) is 5.32 Å². The number of hydrogen-bond acceptors (Lipinski definition) is 2. The molecule has 2 unspecified atom stereocenters. The lowest BCUT2D eigenvalue weighted by molar-refractivity contribution is -0.137. The van der Waals surface area contributed by atoms with Gasteiger partial charge in [-0.2, -0.15) is 0 Å². The van der Waals surface area contributed by atoms with Crippen LogP contribution in [0.1, 0.15) is 24.8 Å². The van der Waals surface area contributed by atoms with Crippen LogP contribution in [0.3, 0.4) is 0 Å². The van der Waals surface area contributed by atoms with Gasteiger partial charge in [0, 0.05) is 18.5 Å². The Morgan fingerprint density at radius 1 is 1.37 bits per heavy atom. The fraction of sp³-hybridized carbons (Fsp3) is 0.429. The summed E-state index contributed by atoms with van der Waals surface area (Å²) >= 11 is 0. The van der Waals surface area contributed by atoms with Gasteiger partial charge in [-0.15, -0.1) is 0 Å². The van der Waals surface area contributed by atoms with Crippen LogP contribution >= 0.6 is 0 Å². The third-order valence-corrected chi connectivity index (χ3v) is 3.32. The average molecular weight is 262 g/mol. The summed E-state index contributed by atoms with van der Waals surface area (Å²) in [6, 6.07) is 9.85. The number of urea groups is 1. The molecule has 1 aliphatic carbocycles. The normalized spacial score (nSPS) is 20.7. The second-order valence-corrected chi connectivity index (χ2v) is 4.72. The lowest BCUT2D eigenvalue weighted by atomic mass is 10.1. The SMILES string of the molecule is CCN(CC(=O)O)C(=O)NC1CC1c1ccccc1. The molecule has 0 spiro atoms. The largest absolute Gasteiger partial charge is 0.480 e. The predicted molar refractivity (Wildman–Crippen MR) is 71.0 cm³/mol. The minimum atomic E-state index is -0.993. The van der Waals surface area contributed by atoms with E-state index in [4.69, 9.17) is 5.11 Å². The molecule has 0 radical (unpaired) electrons. The zero-order chi connectivity index (χ0) is 13.8. The number of benzene rings is 1. The maximum atomic E-state index is 11.9. The first kappa shape index (κ1) is 13.4. The number of carboxylic acids is 1. The zero-order valence-electron chi connectivity index (χ0n) is 10.9. The van der Waals surface area contributed by atoms with E-state index in [0.717, 1.165) is 6.42 Å². The van der Waals surface area contributed by atoms with Crippen LogP contribution < -0.4 is 5.32 Å². The highest BCUT2D eigenvalue weighted by molar-refractivity contribution is 5.80. The van der Waals surface area contributed by atoms with Gasteiger partial charge in [0.2, 0.25) is 0 Å². The number of likely N-dealkylation sites (N-methyl/N-ethyl adjacent to an activating group) is 1. The van der Waals surface area contributed by atoms with Crippen LogP contribution in [0, 0.1) is 0 Å². The van der Waals surface area contributed by atoms with Crippen LogP contribution in [0.2, 0.25) is 0 Å². The molecule has 0 bridgehead atoms. The summed E-state index contributed by atoms with van der Waals surface area (Å²) in [6.07, 6.45) is 0.917. The fourth-order valence-electron chi connectivity index (χ4n) is 2.16. The Morgan fingerprint density at radius 2 is 2.05 bits per heavy atom. The van der Waals surface area contributed by atoms with Gasteiger partial charge in [0.05, 0.1) is 0 Å². The Kier molecular flexibility index (Phi) is 4.04. The summed E-state index contributed by atoms with van der Waals surface area (Å²) in [6.45, 7) is 1.90. The van der Waals surface area contributed by atoms with Gasteiger partial charge in [0.15, 0.2) is 0 Å². The molecule has 102 valence electrons. The van der Waals surface area contributed by atoms with Crippen molar-refractivity contribution in [2.45, 2.75) is 25.3 Å². The van der Waals surface area contributed by atoms with E-state index in [1.165, 1.54) is 10.5 Å². The van der Waals surface area contributed by atoms with E-state index in [9.17, 15) is 9.59 Å². The molecular formula is C14H18N2O3. The number of rotatable bonds is 5. The van der Waals surface area contributed by atoms with Crippen molar-refractivity contribution in [3.8, 4) is 0 Å². The number of nitrogens with zero attached hydrogens (tertiary/aromatic N) is 1. The molecule has 0 heterocycles. The molecule has 1 aliphatic rings. The molecule has 0 aliphatic heterocycles. The summed E-state index contributed by atoms with van der Waals surface area (Å²) in [5.41, 5.74) is 1.22. The highest BCUT2D eigenvalue weighted by Gasteiger charge is 2.40. The highest BCUT2D eigenvalue weighted by atomic mass is 16.4. The van der Waals surface area contributed by atoms with Gasteiger partial charge in [-0.25, -0.2) is 4.79 Å². The van der Waals surface area contributed by atoms with Crippen LogP contribution in [0.25, 0.3) is 0 Å². The van der Waals surface area contributed by atoms with Crippen molar-refractivity contribution in [3.05, 3.63) is 35.9 Å². The molecule has 1 saturated carbocycles. The van der Waals surface area contributed by atoms with Gasteiger partial charge >= 0.3 is 12.0 Å². The molecule has 2 N–H and O–H groups in total.